The first-order valence-electron chi connectivity index (χ1n) is 8.64. The van der Waals surface area contributed by atoms with Crippen LogP contribution in [0.5, 0.6) is 0 Å². The molecule has 1 aromatic carbocycles. The highest BCUT2D eigenvalue weighted by Gasteiger charge is 2.24. The van der Waals surface area contributed by atoms with E-state index in [0.717, 1.165) is 31.5 Å². The summed E-state index contributed by atoms with van der Waals surface area (Å²) in [4.78, 5) is 9.23. The summed E-state index contributed by atoms with van der Waals surface area (Å²) in [5.41, 5.74) is 7.43. The number of fused-ring (bicyclic) bond motifs is 1. The second-order valence-corrected chi connectivity index (χ2v) is 8.49. The molecule has 26 heavy (non-hydrogen) atoms. The molecule has 3 aromatic rings. The van der Waals surface area contributed by atoms with Crippen LogP contribution in [0.4, 0.5) is 5.82 Å². The molecule has 3 heterocycles. The van der Waals surface area contributed by atoms with Crippen molar-refractivity contribution in [3.05, 3.63) is 47.9 Å². The number of aryl methyl sites for hydroxylation is 1. The number of benzene rings is 1. The van der Waals surface area contributed by atoms with Crippen molar-refractivity contribution < 1.29 is 8.42 Å². The Kier molecular flexibility index (Phi) is 4.16. The van der Waals surface area contributed by atoms with E-state index in [-0.39, 0.29) is 10.8 Å². The molecule has 1 saturated heterocycles. The van der Waals surface area contributed by atoms with Gasteiger partial charge in [0.15, 0.2) is 5.65 Å². The molecule has 1 aliphatic heterocycles. The molecule has 1 unspecified atom stereocenters. The Morgan fingerprint density at radius 1 is 1.19 bits per heavy atom. The summed E-state index contributed by atoms with van der Waals surface area (Å²) in [7, 11) is -3.75. The van der Waals surface area contributed by atoms with E-state index in [9.17, 15) is 8.42 Å². The standard InChI is InChI=1S/C18H21N5O2S/c1-12-4-6-14(7-5-12)26(24,25)23-10-8-15-16(19)21-17(22-18(15)23)13-3-2-9-20-11-13/h4-8,10,13,20H,2-3,9,11H2,1H3,(H2,19,21,22). The molecule has 1 aliphatic rings. The van der Waals surface area contributed by atoms with Crippen molar-refractivity contribution in [2.24, 2.45) is 0 Å². The van der Waals surface area contributed by atoms with Crippen LogP contribution >= 0.6 is 0 Å². The topological polar surface area (TPSA) is 103 Å². The van der Waals surface area contributed by atoms with E-state index in [2.05, 4.69) is 15.3 Å². The lowest BCUT2D eigenvalue weighted by molar-refractivity contribution is 0.447. The first-order chi connectivity index (χ1) is 12.5. The van der Waals surface area contributed by atoms with Crippen LogP contribution in [0.15, 0.2) is 41.4 Å². The second kappa shape index (κ2) is 6.37. The zero-order valence-electron chi connectivity index (χ0n) is 14.5. The summed E-state index contributed by atoms with van der Waals surface area (Å²) in [5, 5.41) is 3.87. The fourth-order valence-corrected chi connectivity index (χ4v) is 4.60. The molecule has 4 rings (SSSR count). The zero-order valence-corrected chi connectivity index (χ0v) is 15.3. The molecule has 0 aliphatic carbocycles. The number of rotatable bonds is 3. The fraction of sp³-hybridized carbons (Fsp3) is 0.333. The molecule has 0 bridgehead atoms. The van der Waals surface area contributed by atoms with Crippen molar-refractivity contribution in [1.82, 2.24) is 19.3 Å². The van der Waals surface area contributed by atoms with Crippen molar-refractivity contribution in [3.63, 3.8) is 0 Å². The van der Waals surface area contributed by atoms with Crippen LogP contribution in [0.1, 0.15) is 30.1 Å². The van der Waals surface area contributed by atoms with Crippen molar-refractivity contribution in [2.45, 2.75) is 30.6 Å². The highest BCUT2D eigenvalue weighted by Crippen LogP contribution is 2.28. The normalized spacial score (nSPS) is 18.3. The second-order valence-electron chi connectivity index (χ2n) is 6.68. The van der Waals surface area contributed by atoms with Gasteiger partial charge in [-0.2, -0.15) is 0 Å². The third-order valence-electron chi connectivity index (χ3n) is 4.80. The van der Waals surface area contributed by atoms with Gasteiger partial charge in [-0.1, -0.05) is 17.7 Å². The third-order valence-corrected chi connectivity index (χ3v) is 6.48. The fourth-order valence-electron chi connectivity index (χ4n) is 3.31. The van der Waals surface area contributed by atoms with Crippen LogP contribution in [0.25, 0.3) is 11.0 Å². The highest BCUT2D eigenvalue weighted by molar-refractivity contribution is 7.90. The Bertz CT molecular complexity index is 1050. The average Bonchev–Trinajstić information content (AvgIpc) is 3.08. The Morgan fingerprint density at radius 3 is 2.65 bits per heavy atom. The van der Waals surface area contributed by atoms with E-state index in [1.807, 2.05) is 6.92 Å². The first kappa shape index (κ1) is 17.0. The summed E-state index contributed by atoms with van der Waals surface area (Å²) >= 11 is 0. The molecular weight excluding hydrogens is 350 g/mol. The molecule has 8 heteroatoms. The van der Waals surface area contributed by atoms with E-state index in [1.54, 1.807) is 30.3 Å². The summed E-state index contributed by atoms with van der Waals surface area (Å²) in [5.74, 6) is 1.05. The largest absolute Gasteiger partial charge is 0.383 e. The number of piperidine rings is 1. The summed E-state index contributed by atoms with van der Waals surface area (Å²) in [6, 6.07) is 8.42. The monoisotopic (exact) mass is 371 g/mol. The molecule has 0 radical (unpaired) electrons. The van der Waals surface area contributed by atoms with Gasteiger partial charge in [0.2, 0.25) is 0 Å². The van der Waals surface area contributed by atoms with Crippen LogP contribution in [0.2, 0.25) is 0 Å². The van der Waals surface area contributed by atoms with Crippen LogP contribution in [0, 0.1) is 6.92 Å². The van der Waals surface area contributed by atoms with E-state index < -0.39 is 10.0 Å². The Hall–Kier alpha value is -2.45. The summed E-state index contributed by atoms with van der Waals surface area (Å²) in [6.07, 6.45) is 3.49. The maximum Gasteiger partial charge on any atom is 0.269 e. The van der Waals surface area contributed by atoms with Crippen molar-refractivity contribution >= 4 is 26.9 Å². The minimum absolute atomic E-state index is 0.140. The lowest BCUT2D eigenvalue weighted by Gasteiger charge is -2.21. The van der Waals surface area contributed by atoms with Gasteiger partial charge in [0.05, 0.1) is 10.3 Å². The van der Waals surface area contributed by atoms with Crippen LogP contribution in [-0.2, 0) is 10.0 Å². The first-order valence-corrected chi connectivity index (χ1v) is 10.1. The van der Waals surface area contributed by atoms with Gasteiger partial charge in [0.25, 0.3) is 10.0 Å². The van der Waals surface area contributed by atoms with Gasteiger partial charge < -0.3 is 11.1 Å². The molecule has 0 amide bonds. The van der Waals surface area contributed by atoms with Crippen LogP contribution < -0.4 is 11.1 Å². The molecule has 1 fully saturated rings. The Morgan fingerprint density at radius 2 is 1.96 bits per heavy atom. The van der Waals surface area contributed by atoms with Crippen LogP contribution in [0.3, 0.4) is 0 Å². The molecule has 0 spiro atoms. The van der Waals surface area contributed by atoms with Gasteiger partial charge in [-0.3, -0.25) is 0 Å². The van der Waals surface area contributed by atoms with E-state index in [1.165, 1.54) is 10.2 Å². The van der Waals surface area contributed by atoms with Gasteiger partial charge in [-0.25, -0.2) is 22.4 Å². The number of anilines is 1. The lowest BCUT2D eigenvalue weighted by atomic mass is 9.99. The third kappa shape index (κ3) is 2.85. The smallest absolute Gasteiger partial charge is 0.269 e. The van der Waals surface area contributed by atoms with Gasteiger partial charge in [-0.15, -0.1) is 0 Å². The molecule has 0 saturated carbocycles. The highest BCUT2D eigenvalue weighted by atomic mass is 32.2. The minimum atomic E-state index is -3.75. The Labute approximate surface area is 152 Å². The number of aromatic nitrogens is 3. The predicted octanol–water partition coefficient (Wildman–Crippen LogP) is 2.03. The van der Waals surface area contributed by atoms with Gasteiger partial charge in [0, 0.05) is 18.7 Å². The molecular formula is C18H21N5O2S. The summed E-state index contributed by atoms with van der Waals surface area (Å²) in [6.45, 7) is 3.67. The summed E-state index contributed by atoms with van der Waals surface area (Å²) < 4.78 is 27.3. The molecule has 136 valence electrons. The molecule has 2 aromatic heterocycles. The number of nitrogens with one attached hydrogen (secondary N) is 1. The predicted molar refractivity (Wildman–Crippen MR) is 101 cm³/mol. The number of hydrogen-bond donors (Lipinski definition) is 2. The van der Waals surface area contributed by atoms with Crippen molar-refractivity contribution in [2.75, 3.05) is 18.8 Å². The van der Waals surface area contributed by atoms with Crippen molar-refractivity contribution in [1.29, 1.82) is 0 Å². The van der Waals surface area contributed by atoms with E-state index in [4.69, 9.17) is 5.73 Å². The van der Waals surface area contributed by atoms with E-state index >= 15 is 0 Å². The van der Waals surface area contributed by atoms with Gasteiger partial charge in [0.1, 0.15) is 11.6 Å². The zero-order chi connectivity index (χ0) is 18.3. The maximum atomic E-state index is 13.1. The minimum Gasteiger partial charge on any atom is -0.383 e. The number of nitrogens with zero attached hydrogens (tertiary/aromatic N) is 3. The van der Waals surface area contributed by atoms with Gasteiger partial charge in [-0.05, 0) is 44.5 Å². The van der Waals surface area contributed by atoms with Gasteiger partial charge >= 0.3 is 0 Å². The van der Waals surface area contributed by atoms with Crippen molar-refractivity contribution in [3.8, 4) is 0 Å². The average molecular weight is 371 g/mol. The Balaban J connectivity index is 1.85. The number of nitrogens with two attached hydrogens (primary N) is 1. The van der Waals surface area contributed by atoms with E-state index in [0.29, 0.717) is 22.7 Å². The quantitative estimate of drug-likeness (QED) is 0.730. The molecule has 1 atom stereocenters. The lowest BCUT2D eigenvalue weighted by Crippen LogP contribution is -2.29. The SMILES string of the molecule is Cc1ccc(S(=O)(=O)n2ccc3c(N)nc(C4CCCNC4)nc32)cc1. The number of nitrogen functional groups attached to an aromatic ring is 1. The maximum absolute atomic E-state index is 13.1. The van der Waals surface area contributed by atoms with Crippen LogP contribution in [-0.4, -0.2) is 35.4 Å². The molecule has 3 N–H and O–H groups in total. The number of hydrogen-bond acceptors (Lipinski definition) is 6. The molecule has 7 nitrogen and oxygen atoms in total.